The number of piperidine rings is 1. The molecule has 2 aromatic rings. The number of halogens is 1. The van der Waals surface area contributed by atoms with Gasteiger partial charge in [0.25, 0.3) is 5.91 Å². The number of fused-ring (bicyclic) bond motifs is 1. The van der Waals surface area contributed by atoms with Crippen LogP contribution in [0.2, 0.25) is 0 Å². The normalized spacial score (nSPS) is 21.7. The van der Waals surface area contributed by atoms with E-state index >= 15 is 0 Å². The number of carbonyl (C=O) groups excluding carboxylic acids is 2. The zero-order chi connectivity index (χ0) is 24.4. The van der Waals surface area contributed by atoms with E-state index in [1.54, 1.807) is 25.1 Å². The lowest BCUT2D eigenvalue weighted by Crippen LogP contribution is -2.44. The zero-order valence-electron chi connectivity index (χ0n) is 19.6. The molecular formula is C26H28FN3O5. The van der Waals surface area contributed by atoms with E-state index in [1.807, 2.05) is 23.1 Å². The number of ether oxygens (including phenoxy) is 3. The molecule has 8 nitrogen and oxygen atoms in total. The first-order chi connectivity index (χ1) is 17.0. The second kappa shape index (κ2) is 10.0. The summed E-state index contributed by atoms with van der Waals surface area (Å²) in [4.78, 5) is 27.7. The van der Waals surface area contributed by atoms with Gasteiger partial charge < -0.3 is 14.2 Å². The Labute approximate surface area is 203 Å². The summed E-state index contributed by atoms with van der Waals surface area (Å²) in [5, 5.41) is 6.04. The molecule has 2 atom stereocenters. The highest BCUT2D eigenvalue weighted by Gasteiger charge is 2.36. The van der Waals surface area contributed by atoms with Crippen LogP contribution in [0.4, 0.5) is 4.39 Å². The summed E-state index contributed by atoms with van der Waals surface area (Å²) in [6.07, 6.45) is 1.94. The molecule has 0 aromatic heterocycles. The molecule has 1 fully saturated rings. The molecule has 9 heteroatoms. The number of nitrogens with zero attached hydrogens (tertiary/aromatic N) is 3. The van der Waals surface area contributed by atoms with Crippen molar-refractivity contribution in [3.05, 3.63) is 59.4 Å². The SMILES string of the molecule is CCOC(=O)[C@@H]1CCCN(CC(=O)N2N=C(c3ccccc3F)C[C@@H]2c2ccc3c(c2)OCO3)C1. The van der Waals surface area contributed by atoms with Gasteiger partial charge in [-0.1, -0.05) is 24.3 Å². The molecule has 184 valence electrons. The molecule has 3 aliphatic rings. The van der Waals surface area contributed by atoms with Crippen LogP contribution in [-0.4, -0.2) is 60.5 Å². The topological polar surface area (TPSA) is 80.7 Å². The van der Waals surface area contributed by atoms with Gasteiger partial charge in [0.05, 0.1) is 30.8 Å². The van der Waals surface area contributed by atoms with Gasteiger partial charge in [-0.2, -0.15) is 5.10 Å². The highest BCUT2D eigenvalue weighted by Crippen LogP contribution is 2.39. The van der Waals surface area contributed by atoms with Crippen LogP contribution in [0.3, 0.4) is 0 Å². The largest absolute Gasteiger partial charge is 0.466 e. The highest BCUT2D eigenvalue weighted by atomic mass is 19.1. The van der Waals surface area contributed by atoms with Gasteiger partial charge in [0, 0.05) is 18.5 Å². The number of carbonyl (C=O) groups is 2. The summed E-state index contributed by atoms with van der Waals surface area (Å²) < 4.78 is 30.7. The molecule has 3 heterocycles. The van der Waals surface area contributed by atoms with Gasteiger partial charge in [0.15, 0.2) is 11.5 Å². The average molecular weight is 482 g/mol. The minimum Gasteiger partial charge on any atom is -0.466 e. The van der Waals surface area contributed by atoms with Crippen molar-refractivity contribution in [3.63, 3.8) is 0 Å². The fraction of sp³-hybridized carbons (Fsp3) is 0.423. The second-order valence-corrected chi connectivity index (χ2v) is 8.92. The molecule has 3 aliphatic heterocycles. The average Bonchev–Trinajstić information content (AvgIpc) is 3.51. The van der Waals surface area contributed by atoms with Crippen LogP contribution in [0.25, 0.3) is 0 Å². The first kappa shape index (κ1) is 23.3. The monoisotopic (exact) mass is 481 g/mol. The highest BCUT2D eigenvalue weighted by molar-refractivity contribution is 6.03. The summed E-state index contributed by atoms with van der Waals surface area (Å²) in [6.45, 7) is 3.58. The number of rotatable bonds is 6. The third-order valence-electron chi connectivity index (χ3n) is 6.62. The minimum atomic E-state index is -0.405. The first-order valence-corrected chi connectivity index (χ1v) is 12.0. The van der Waals surface area contributed by atoms with Crippen LogP contribution in [0.15, 0.2) is 47.6 Å². The molecule has 35 heavy (non-hydrogen) atoms. The van der Waals surface area contributed by atoms with Crippen LogP contribution in [-0.2, 0) is 14.3 Å². The van der Waals surface area contributed by atoms with E-state index in [-0.39, 0.29) is 36.9 Å². The van der Waals surface area contributed by atoms with Crippen molar-refractivity contribution in [1.82, 2.24) is 9.91 Å². The maximum Gasteiger partial charge on any atom is 0.310 e. The molecule has 5 rings (SSSR count). The fourth-order valence-electron chi connectivity index (χ4n) is 4.89. The Hall–Kier alpha value is -3.46. The Bertz CT molecular complexity index is 1150. The number of likely N-dealkylation sites (tertiary alicyclic amines) is 1. The first-order valence-electron chi connectivity index (χ1n) is 12.0. The predicted molar refractivity (Wildman–Crippen MR) is 126 cm³/mol. The predicted octanol–water partition coefficient (Wildman–Crippen LogP) is 3.51. The van der Waals surface area contributed by atoms with Gasteiger partial charge in [0.1, 0.15) is 5.82 Å². The molecule has 0 aliphatic carbocycles. The molecule has 0 bridgehead atoms. The molecule has 1 saturated heterocycles. The van der Waals surface area contributed by atoms with Crippen molar-refractivity contribution < 1.29 is 28.2 Å². The van der Waals surface area contributed by atoms with E-state index in [2.05, 4.69) is 5.10 Å². The maximum absolute atomic E-state index is 14.6. The quantitative estimate of drug-likeness (QED) is 0.588. The van der Waals surface area contributed by atoms with E-state index in [0.29, 0.717) is 48.9 Å². The Kier molecular flexibility index (Phi) is 6.68. The smallest absolute Gasteiger partial charge is 0.310 e. The van der Waals surface area contributed by atoms with Crippen LogP contribution in [0.1, 0.15) is 43.4 Å². The van der Waals surface area contributed by atoms with Gasteiger partial charge >= 0.3 is 5.97 Å². The van der Waals surface area contributed by atoms with Crippen molar-refractivity contribution in [2.75, 3.05) is 33.0 Å². The number of benzene rings is 2. The maximum atomic E-state index is 14.6. The van der Waals surface area contributed by atoms with Crippen LogP contribution < -0.4 is 9.47 Å². The third kappa shape index (κ3) is 4.86. The second-order valence-electron chi connectivity index (χ2n) is 8.92. The van der Waals surface area contributed by atoms with Crippen molar-refractivity contribution in [2.45, 2.75) is 32.2 Å². The van der Waals surface area contributed by atoms with E-state index in [4.69, 9.17) is 14.2 Å². The van der Waals surface area contributed by atoms with E-state index in [1.165, 1.54) is 11.1 Å². The van der Waals surface area contributed by atoms with Crippen LogP contribution in [0, 0.1) is 11.7 Å². The van der Waals surface area contributed by atoms with Gasteiger partial charge in [-0.15, -0.1) is 0 Å². The third-order valence-corrected chi connectivity index (χ3v) is 6.62. The summed E-state index contributed by atoms with van der Waals surface area (Å²) in [6, 6.07) is 11.6. The Morgan fingerprint density at radius 1 is 1.17 bits per heavy atom. The molecule has 2 aromatic carbocycles. The van der Waals surface area contributed by atoms with E-state index in [0.717, 1.165) is 18.4 Å². The van der Waals surface area contributed by atoms with Crippen molar-refractivity contribution in [3.8, 4) is 11.5 Å². The zero-order valence-corrected chi connectivity index (χ0v) is 19.6. The summed E-state index contributed by atoms with van der Waals surface area (Å²) in [5.74, 6) is 0.226. The summed E-state index contributed by atoms with van der Waals surface area (Å²) >= 11 is 0. The van der Waals surface area contributed by atoms with Crippen molar-refractivity contribution >= 4 is 17.6 Å². The molecule has 0 radical (unpaired) electrons. The standard InChI is InChI=1S/C26H28FN3O5/c1-2-33-26(32)18-6-5-11-29(14-18)15-25(31)30-22(17-9-10-23-24(12-17)35-16-34-23)13-21(28-30)19-7-3-4-8-20(19)27/h3-4,7-10,12,18,22H,2,5-6,11,13-16H2,1H3/t18-,22-/m1/s1. The Morgan fingerprint density at radius 3 is 2.83 bits per heavy atom. The lowest BCUT2D eigenvalue weighted by molar-refractivity contribution is -0.150. The molecule has 0 spiro atoms. The minimum absolute atomic E-state index is 0.116. The molecule has 0 unspecified atom stereocenters. The molecule has 0 N–H and O–H groups in total. The van der Waals surface area contributed by atoms with Crippen LogP contribution in [0.5, 0.6) is 11.5 Å². The van der Waals surface area contributed by atoms with Crippen LogP contribution >= 0.6 is 0 Å². The van der Waals surface area contributed by atoms with Gasteiger partial charge in [-0.3, -0.25) is 14.5 Å². The summed E-state index contributed by atoms with van der Waals surface area (Å²) in [5.41, 5.74) is 1.73. The Balaban J connectivity index is 1.38. The lowest BCUT2D eigenvalue weighted by atomic mass is 9.97. The van der Waals surface area contributed by atoms with Gasteiger partial charge in [-0.25, -0.2) is 9.40 Å². The van der Waals surface area contributed by atoms with Gasteiger partial charge in [-0.05, 0) is 50.1 Å². The number of hydrazone groups is 1. The molecule has 0 saturated carbocycles. The molecular weight excluding hydrogens is 453 g/mol. The Morgan fingerprint density at radius 2 is 2.00 bits per heavy atom. The van der Waals surface area contributed by atoms with E-state index < -0.39 is 6.04 Å². The lowest BCUT2D eigenvalue weighted by Gasteiger charge is -2.32. The number of amides is 1. The van der Waals surface area contributed by atoms with Gasteiger partial charge in [0.2, 0.25) is 6.79 Å². The van der Waals surface area contributed by atoms with Crippen molar-refractivity contribution in [2.24, 2.45) is 11.0 Å². The fourth-order valence-corrected chi connectivity index (χ4v) is 4.89. The van der Waals surface area contributed by atoms with E-state index in [9.17, 15) is 14.0 Å². The number of hydrogen-bond acceptors (Lipinski definition) is 7. The number of hydrogen-bond donors (Lipinski definition) is 0. The van der Waals surface area contributed by atoms with Crippen molar-refractivity contribution in [1.29, 1.82) is 0 Å². The molecule has 1 amide bonds. The number of esters is 1. The summed E-state index contributed by atoms with van der Waals surface area (Å²) in [7, 11) is 0.